The summed E-state index contributed by atoms with van der Waals surface area (Å²) >= 11 is 9.67. The number of benzene rings is 1. The van der Waals surface area contributed by atoms with E-state index < -0.39 is 0 Å². The van der Waals surface area contributed by atoms with E-state index in [4.69, 9.17) is 11.6 Å². The second-order valence-corrected chi connectivity index (χ2v) is 6.88. The van der Waals surface area contributed by atoms with Gasteiger partial charge in [-0.15, -0.1) is 0 Å². The molecule has 9 heteroatoms. The maximum Gasteiger partial charge on any atom is 0.270 e. The van der Waals surface area contributed by atoms with Gasteiger partial charge in [0.15, 0.2) is 5.16 Å². The van der Waals surface area contributed by atoms with E-state index >= 15 is 0 Å². The summed E-state index contributed by atoms with van der Waals surface area (Å²) in [4.78, 5) is 19.1. The Labute approximate surface area is 148 Å². The first-order valence-electron chi connectivity index (χ1n) is 6.16. The number of aromatic amines is 2. The first-order chi connectivity index (χ1) is 10.6. The standard InChI is InChI=1S/C13H9ClIN5OS/c14-10-11(7-1-3-8(15)4-2-7)17-13(18-12(10)21)22-6-9-5-16-20-19-9/h1-5H,6H2,(H,16,19,20)(H,17,18,21). The quantitative estimate of drug-likeness (QED) is 0.366. The van der Waals surface area contributed by atoms with Crippen LogP contribution in [0.2, 0.25) is 5.02 Å². The van der Waals surface area contributed by atoms with E-state index in [0.717, 1.165) is 14.8 Å². The summed E-state index contributed by atoms with van der Waals surface area (Å²) in [6, 6.07) is 7.66. The Morgan fingerprint density at radius 1 is 1.27 bits per heavy atom. The van der Waals surface area contributed by atoms with Crippen molar-refractivity contribution < 1.29 is 0 Å². The predicted molar refractivity (Wildman–Crippen MR) is 94.0 cm³/mol. The summed E-state index contributed by atoms with van der Waals surface area (Å²) in [6.07, 6.45) is 1.63. The second-order valence-electron chi connectivity index (χ2n) is 4.29. The van der Waals surface area contributed by atoms with Crippen molar-refractivity contribution in [3.8, 4) is 11.3 Å². The summed E-state index contributed by atoms with van der Waals surface area (Å²) in [6.45, 7) is 0. The maximum atomic E-state index is 12.0. The van der Waals surface area contributed by atoms with Gasteiger partial charge in [0.2, 0.25) is 0 Å². The lowest BCUT2D eigenvalue weighted by molar-refractivity contribution is 0.921. The van der Waals surface area contributed by atoms with Crippen LogP contribution in [-0.2, 0) is 5.75 Å². The molecule has 0 saturated carbocycles. The molecular weight excluding hydrogens is 437 g/mol. The van der Waals surface area contributed by atoms with E-state index in [-0.39, 0.29) is 10.6 Å². The molecule has 2 N–H and O–H groups in total. The molecule has 0 bridgehead atoms. The number of H-pyrrole nitrogens is 2. The van der Waals surface area contributed by atoms with Gasteiger partial charge in [0, 0.05) is 14.9 Å². The zero-order valence-corrected chi connectivity index (χ0v) is 14.7. The number of hydrogen-bond donors (Lipinski definition) is 2. The predicted octanol–water partition coefficient (Wildman–Crippen LogP) is 3.11. The van der Waals surface area contributed by atoms with Gasteiger partial charge in [-0.05, 0) is 34.7 Å². The summed E-state index contributed by atoms with van der Waals surface area (Å²) in [5.74, 6) is 0.549. The van der Waals surface area contributed by atoms with Crippen LogP contribution in [0.5, 0.6) is 0 Å². The molecule has 1 aromatic carbocycles. The lowest BCUT2D eigenvalue weighted by Gasteiger charge is -2.06. The van der Waals surface area contributed by atoms with Crippen LogP contribution >= 0.6 is 46.0 Å². The molecule has 22 heavy (non-hydrogen) atoms. The Balaban J connectivity index is 1.92. The Hall–Kier alpha value is -1.39. The van der Waals surface area contributed by atoms with Crippen LogP contribution in [0.3, 0.4) is 0 Å². The molecule has 0 aliphatic rings. The molecule has 3 rings (SSSR count). The van der Waals surface area contributed by atoms with E-state index in [1.807, 2.05) is 24.3 Å². The molecule has 0 aliphatic heterocycles. The van der Waals surface area contributed by atoms with Crippen LogP contribution in [0.4, 0.5) is 0 Å². The third-order valence-corrected chi connectivity index (χ3v) is 4.76. The van der Waals surface area contributed by atoms with Crippen LogP contribution < -0.4 is 5.56 Å². The lowest BCUT2D eigenvalue weighted by atomic mass is 10.1. The molecule has 0 amide bonds. The van der Waals surface area contributed by atoms with Gasteiger partial charge in [-0.25, -0.2) is 4.98 Å². The number of aromatic nitrogens is 5. The van der Waals surface area contributed by atoms with E-state index in [1.165, 1.54) is 11.8 Å². The van der Waals surface area contributed by atoms with Gasteiger partial charge >= 0.3 is 0 Å². The van der Waals surface area contributed by atoms with Crippen LogP contribution in [0.1, 0.15) is 5.69 Å². The van der Waals surface area contributed by atoms with Crippen molar-refractivity contribution in [3.05, 3.63) is 55.1 Å². The zero-order valence-electron chi connectivity index (χ0n) is 11.0. The SMILES string of the molecule is O=c1[nH]c(SCc2cn[nH]n2)nc(-c2ccc(I)cc2)c1Cl. The molecule has 3 aromatic rings. The highest BCUT2D eigenvalue weighted by Crippen LogP contribution is 2.26. The summed E-state index contributed by atoms with van der Waals surface area (Å²) < 4.78 is 1.10. The minimum Gasteiger partial charge on any atom is -0.300 e. The van der Waals surface area contributed by atoms with E-state index in [1.54, 1.807) is 6.20 Å². The largest absolute Gasteiger partial charge is 0.300 e. The van der Waals surface area contributed by atoms with Gasteiger partial charge in [0.05, 0.1) is 17.6 Å². The number of nitrogens with zero attached hydrogens (tertiary/aromatic N) is 3. The Morgan fingerprint density at radius 2 is 2.05 bits per heavy atom. The van der Waals surface area contributed by atoms with Crippen molar-refractivity contribution in [2.45, 2.75) is 10.9 Å². The van der Waals surface area contributed by atoms with Crippen molar-refractivity contribution in [2.24, 2.45) is 0 Å². The number of nitrogens with one attached hydrogen (secondary N) is 2. The monoisotopic (exact) mass is 445 g/mol. The number of halogens is 2. The van der Waals surface area contributed by atoms with Crippen molar-refractivity contribution in [3.63, 3.8) is 0 Å². The van der Waals surface area contributed by atoms with Crippen molar-refractivity contribution in [1.82, 2.24) is 25.4 Å². The molecule has 0 radical (unpaired) electrons. The van der Waals surface area contributed by atoms with Crippen molar-refractivity contribution in [2.75, 3.05) is 0 Å². The summed E-state index contributed by atoms with van der Waals surface area (Å²) in [5, 5.41) is 10.8. The van der Waals surface area contributed by atoms with Crippen LogP contribution in [-0.4, -0.2) is 25.4 Å². The van der Waals surface area contributed by atoms with Crippen LogP contribution in [0.25, 0.3) is 11.3 Å². The molecule has 0 aliphatic carbocycles. The lowest BCUT2D eigenvalue weighted by Crippen LogP contribution is -2.11. The van der Waals surface area contributed by atoms with Gasteiger partial charge in [-0.2, -0.15) is 15.4 Å². The maximum absolute atomic E-state index is 12.0. The van der Waals surface area contributed by atoms with Gasteiger partial charge in [0.1, 0.15) is 5.02 Å². The molecule has 2 heterocycles. The molecule has 112 valence electrons. The minimum absolute atomic E-state index is 0.0898. The van der Waals surface area contributed by atoms with Gasteiger partial charge < -0.3 is 4.98 Å². The highest BCUT2D eigenvalue weighted by atomic mass is 127. The van der Waals surface area contributed by atoms with Crippen LogP contribution in [0, 0.1) is 3.57 Å². The van der Waals surface area contributed by atoms with Gasteiger partial charge in [0.25, 0.3) is 5.56 Å². The molecule has 0 fully saturated rings. The second kappa shape index (κ2) is 6.80. The Bertz CT molecular complexity index is 835. The van der Waals surface area contributed by atoms with Gasteiger partial charge in [-0.1, -0.05) is 35.5 Å². The number of hydrogen-bond acceptors (Lipinski definition) is 5. The van der Waals surface area contributed by atoms with E-state index in [0.29, 0.717) is 16.6 Å². The highest BCUT2D eigenvalue weighted by molar-refractivity contribution is 14.1. The third kappa shape index (κ3) is 3.50. The average molecular weight is 446 g/mol. The van der Waals surface area contributed by atoms with Crippen molar-refractivity contribution >= 4 is 46.0 Å². The first kappa shape index (κ1) is 15.5. The smallest absolute Gasteiger partial charge is 0.270 e. The van der Waals surface area contributed by atoms with Crippen LogP contribution in [0.15, 0.2) is 40.4 Å². The van der Waals surface area contributed by atoms with E-state index in [9.17, 15) is 4.79 Å². The minimum atomic E-state index is -0.354. The fraction of sp³-hybridized carbons (Fsp3) is 0.0769. The Kier molecular flexibility index (Phi) is 4.79. The zero-order chi connectivity index (χ0) is 15.5. The fourth-order valence-electron chi connectivity index (χ4n) is 1.74. The average Bonchev–Trinajstić information content (AvgIpc) is 3.03. The van der Waals surface area contributed by atoms with Gasteiger partial charge in [-0.3, -0.25) is 4.79 Å². The molecule has 0 atom stereocenters. The molecule has 0 spiro atoms. The molecule has 0 saturated heterocycles. The number of thioether (sulfide) groups is 1. The van der Waals surface area contributed by atoms with Crippen molar-refractivity contribution in [1.29, 1.82) is 0 Å². The Morgan fingerprint density at radius 3 is 2.73 bits per heavy atom. The molecular formula is C13H9ClIN5OS. The molecule has 2 aromatic heterocycles. The van der Waals surface area contributed by atoms with E-state index in [2.05, 4.69) is 48.0 Å². The third-order valence-electron chi connectivity index (χ3n) is 2.78. The normalized spacial score (nSPS) is 10.8. The summed E-state index contributed by atoms with van der Waals surface area (Å²) in [7, 11) is 0. The first-order valence-corrected chi connectivity index (χ1v) is 8.61. The number of rotatable bonds is 4. The topological polar surface area (TPSA) is 87.3 Å². The highest BCUT2D eigenvalue weighted by Gasteiger charge is 2.12. The summed E-state index contributed by atoms with van der Waals surface area (Å²) in [5.41, 5.74) is 1.70. The fourth-order valence-corrected chi connectivity index (χ4v) is 3.05. The molecule has 0 unspecified atom stereocenters. The molecule has 6 nitrogen and oxygen atoms in total.